The van der Waals surface area contributed by atoms with Crippen molar-refractivity contribution < 1.29 is 19.1 Å². The first-order valence-corrected chi connectivity index (χ1v) is 16.2. The van der Waals surface area contributed by atoms with E-state index in [-0.39, 0.29) is 12.5 Å². The van der Waals surface area contributed by atoms with Gasteiger partial charge in [0.25, 0.3) is 0 Å². The Balaban J connectivity index is 2.02. The Labute approximate surface area is 275 Å². The first-order valence-electron chi connectivity index (χ1n) is 14.6. The van der Waals surface area contributed by atoms with E-state index in [1.54, 1.807) is 51.0 Å². The minimum atomic E-state index is -0.812. The molecule has 44 heavy (non-hydrogen) atoms. The monoisotopic (exact) mass is 662 g/mol. The summed E-state index contributed by atoms with van der Waals surface area (Å²) in [4.78, 5) is 30.8. The van der Waals surface area contributed by atoms with Gasteiger partial charge in [-0.25, -0.2) is 4.79 Å². The normalized spacial score (nSPS) is 12.8. The van der Waals surface area contributed by atoms with Crippen LogP contribution in [0.4, 0.5) is 4.79 Å². The number of alkyl carbamates (subject to hydrolysis) is 1. The number of nitrogens with one attached hydrogen (secondary N) is 2. The number of nitrogens with zero attached hydrogens (tertiary/aromatic N) is 2. The van der Waals surface area contributed by atoms with Gasteiger partial charge in [-0.1, -0.05) is 48.8 Å². The van der Waals surface area contributed by atoms with Crippen molar-refractivity contribution in [3.63, 3.8) is 0 Å². The van der Waals surface area contributed by atoms with Crippen molar-refractivity contribution in [1.82, 2.24) is 20.2 Å². The zero-order chi connectivity index (χ0) is 32.8. The third-order valence-corrected chi connectivity index (χ3v) is 8.05. The van der Waals surface area contributed by atoms with Crippen molar-refractivity contribution in [3.05, 3.63) is 75.2 Å². The van der Waals surface area contributed by atoms with Crippen molar-refractivity contribution in [2.24, 2.45) is 0 Å². The summed E-state index contributed by atoms with van der Waals surface area (Å²) in [6, 6.07) is 8.71. The fourth-order valence-electron chi connectivity index (χ4n) is 4.55. The number of halogens is 2. The van der Waals surface area contributed by atoms with Gasteiger partial charge in [-0.15, -0.1) is 0 Å². The van der Waals surface area contributed by atoms with Gasteiger partial charge in [0.1, 0.15) is 11.6 Å². The molecule has 2 heterocycles. The van der Waals surface area contributed by atoms with Gasteiger partial charge < -0.3 is 14.0 Å². The minimum absolute atomic E-state index is 0.0640. The molecule has 0 aliphatic carbocycles. The maximum Gasteiger partial charge on any atom is 0.414 e. The molecule has 240 valence electrons. The largest absolute Gasteiger partial charge is 0.444 e. The highest BCUT2D eigenvalue weighted by atomic mass is 35.5. The van der Waals surface area contributed by atoms with E-state index >= 15 is 0 Å². The lowest BCUT2D eigenvalue weighted by atomic mass is 10.0. The molecule has 2 N–H and O–H groups in total. The lowest BCUT2D eigenvalue weighted by molar-refractivity contribution is -0.126. The summed E-state index contributed by atoms with van der Waals surface area (Å²) in [5.41, 5.74) is 3.14. The SMILES string of the molecule is Cc1c(CNC(COC(C)(C)C)C(=O)NC(=O)OC(C)(C)C)c(C(C)C)c(Sc2cc(Cl)cc(Cl)c2)n1Cc1ccncc1. The number of hydrogen-bond acceptors (Lipinski definition) is 7. The molecule has 1 unspecified atom stereocenters. The number of aromatic nitrogens is 2. The molecule has 0 saturated heterocycles. The Bertz CT molecular complexity index is 1430. The fourth-order valence-corrected chi connectivity index (χ4v) is 6.58. The summed E-state index contributed by atoms with van der Waals surface area (Å²) >= 11 is 14.3. The topological polar surface area (TPSA) is 94.5 Å². The van der Waals surface area contributed by atoms with Crippen LogP contribution < -0.4 is 10.6 Å². The zero-order valence-corrected chi connectivity index (χ0v) is 29.3. The first-order chi connectivity index (χ1) is 20.4. The first kappa shape index (κ1) is 35.9. The number of rotatable bonds is 11. The lowest BCUT2D eigenvalue weighted by Gasteiger charge is -2.25. The van der Waals surface area contributed by atoms with Gasteiger partial charge in [-0.2, -0.15) is 0 Å². The Morgan fingerprint density at radius 2 is 1.61 bits per heavy atom. The van der Waals surface area contributed by atoms with E-state index in [0.29, 0.717) is 23.1 Å². The summed E-state index contributed by atoms with van der Waals surface area (Å²) in [6.45, 7) is 18.4. The molecule has 0 bridgehead atoms. The minimum Gasteiger partial charge on any atom is -0.444 e. The molecule has 0 spiro atoms. The van der Waals surface area contributed by atoms with Crippen LogP contribution in [0.3, 0.4) is 0 Å². The number of carbonyl (C=O) groups is 2. The number of pyridine rings is 1. The van der Waals surface area contributed by atoms with E-state index in [9.17, 15) is 9.59 Å². The van der Waals surface area contributed by atoms with Crippen LogP contribution in [0.5, 0.6) is 0 Å². The average Bonchev–Trinajstić information content (AvgIpc) is 3.12. The molecule has 1 atom stereocenters. The number of imide groups is 1. The Morgan fingerprint density at radius 3 is 2.16 bits per heavy atom. The molecule has 2 aromatic heterocycles. The Hall–Kier alpha value is -2.56. The molecule has 0 fully saturated rings. The Kier molecular flexibility index (Phi) is 12.4. The number of benzene rings is 1. The van der Waals surface area contributed by atoms with Gasteiger partial charge in [0.2, 0.25) is 5.91 Å². The van der Waals surface area contributed by atoms with Gasteiger partial charge in [0, 0.05) is 46.1 Å². The maximum absolute atomic E-state index is 13.3. The van der Waals surface area contributed by atoms with Crippen molar-refractivity contribution in [1.29, 1.82) is 0 Å². The maximum atomic E-state index is 13.3. The quantitative estimate of drug-likeness (QED) is 0.214. The summed E-state index contributed by atoms with van der Waals surface area (Å²) in [6.07, 6.45) is 2.77. The summed E-state index contributed by atoms with van der Waals surface area (Å²) in [5, 5.41) is 7.94. The molecule has 8 nitrogen and oxygen atoms in total. The van der Waals surface area contributed by atoms with Gasteiger partial charge in [-0.3, -0.25) is 20.4 Å². The van der Waals surface area contributed by atoms with Crippen LogP contribution in [-0.2, 0) is 27.4 Å². The second kappa shape index (κ2) is 15.1. The van der Waals surface area contributed by atoms with Gasteiger partial charge in [-0.05, 0) is 101 Å². The van der Waals surface area contributed by atoms with E-state index in [1.165, 1.54) is 0 Å². The van der Waals surface area contributed by atoms with E-state index in [0.717, 1.165) is 32.3 Å². The molecular weight excluding hydrogens is 619 g/mol. The van der Waals surface area contributed by atoms with Crippen molar-refractivity contribution in [2.45, 2.75) is 108 Å². The van der Waals surface area contributed by atoms with Crippen LogP contribution in [0.25, 0.3) is 0 Å². The highest BCUT2D eigenvalue weighted by molar-refractivity contribution is 7.99. The predicted molar refractivity (Wildman–Crippen MR) is 178 cm³/mol. The van der Waals surface area contributed by atoms with Gasteiger partial charge in [0.05, 0.1) is 17.2 Å². The molecule has 3 rings (SSSR count). The van der Waals surface area contributed by atoms with E-state index < -0.39 is 29.2 Å². The second-order valence-corrected chi connectivity index (χ2v) is 14.9. The Morgan fingerprint density at radius 1 is 1.00 bits per heavy atom. The summed E-state index contributed by atoms with van der Waals surface area (Å²) in [7, 11) is 0. The standard InChI is InChI=1S/C33H44Cl2N4O4S/c1-20(2)28-26(17-37-27(19-42-32(4,5)6)29(40)38-31(41)43-33(7,8)9)21(3)39(18-22-10-12-36-13-11-22)30(28)44-25-15-23(34)14-24(35)16-25/h10-16,20,27,37H,17-19H2,1-9H3,(H,38,40,41). The molecule has 0 saturated carbocycles. The van der Waals surface area contributed by atoms with Crippen LogP contribution in [0, 0.1) is 6.92 Å². The van der Waals surface area contributed by atoms with Crippen LogP contribution in [0.2, 0.25) is 10.0 Å². The third kappa shape index (κ3) is 10.8. The summed E-state index contributed by atoms with van der Waals surface area (Å²) in [5.74, 6) is -0.368. The average molecular weight is 664 g/mol. The smallest absolute Gasteiger partial charge is 0.414 e. The molecule has 0 aliphatic heterocycles. The zero-order valence-electron chi connectivity index (χ0n) is 27.0. The van der Waals surface area contributed by atoms with Crippen molar-refractivity contribution in [2.75, 3.05) is 6.61 Å². The predicted octanol–water partition coefficient (Wildman–Crippen LogP) is 8.15. The number of carbonyl (C=O) groups excluding carboxylic acids is 2. The molecule has 0 aliphatic rings. The van der Waals surface area contributed by atoms with Gasteiger partial charge in [0.15, 0.2) is 0 Å². The molecule has 3 aromatic rings. The number of amides is 2. The molecule has 11 heteroatoms. The fraction of sp³-hybridized carbons (Fsp3) is 0.485. The molecule has 2 amide bonds. The highest BCUT2D eigenvalue weighted by Gasteiger charge is 2.28. The van der Waals surface area contributed by atoms with Crippen LogP contribution >= 0.6 is 35.0 Å². The number of hydrogen-bond donors (Lipinski definition) is 2. The highest BCUT2D eigenvalue weighted by Crippen LogP contribution is 2.41. The van der Waals surface area contributed by atoms with E-state index in [2.05, 4.69) is 41.0 Å². The third-order valence-electron chi connectivity index (χ3n) is 6.51. The van der Waals surface area contributed by atoms with Crippen molar-refractivity contribution in [3.8, 4) is 0 Å². The molecular formula is C33H44Cl2N4O4S. The van der Waals surface area contributed by atoms with Crippen molar-refractivity contribution >= 4 is 47.0 Å². The lowest BCUT2D eigenvalue weighted by Crippen LogP contribution is -2.50. The van der Waals surface area contributed by atoms with Crippen LogP contribution in [-0.4, -0.2) is 45.4 Å². The van der Waals surface area contributed by atoms with Crippen LogP contribution in [0.1, 0.15) is 83.7 Å². The summed E-state index contributed by atoms with van der Waals surface area (Å²) < 4.78 is 13.6. The number of ether oxygens (including phenoxy) is 2. The van der Waals surface area contributed by atoms with E-state index in [4.69, 9.17) is 32.7 Å². The second-order valence-electron chi connectivity index (χ2n) is 12.9. The molecule has 1 aromatic carbocycles. The molecule has 0 radical (unpaired) electrons. The van der Waals surface area contributed by atoms with Crippen LogP contribution in [0.15, 0.2) is 52.6 Å². The van der Waals surface area contributed by atoms with Gasteiger partial charge >= 0.3 is 6.09 Å². The van der Waals surface area contributed by atoms with E-state index in [1.807, 2.05) is 45.0 Å².